The van der Waals surface area contributed by atoms with Gasteiger partial charge in [-0.1, -0.05) is 6.08 Å². The lowest BCUT2D eigenvalue weighted by Crippen LogP contribution is -2.37. The molecule has 1 heterocycles. The molecule has 0 aromatic carbocycles. The maximum atomic E-state index is 13.5. The minimum Gasteiger partial charge on any atom is -0.479 e. The van der Waals surface area contributed by atoms with E-state index in [0.29, 0.717) is 18.5 Å². The van der Waals surface area contributed by atoms with Gasteiger partial charge in [0.2, 0.25) is 5.67 Å². The van der Waals surface area contributed by atoms with Crippen LogP contribution in [0.5, 0.6) is 0 Å². The first-order chi connectivity index (χ1) is 5.94. The van der Waals surface area contributed by atoms with Crippen LogP contribution in [0.15, 0.2) is 11.6 Å². The van der Waals surface area contributed by atoms with Gasteiger partial charge in [-0.3, -0.25) is 0 Å². The van der Waals surface area contributed by atoms with Crippen LogP contribution in [0.2, 0.25) is 0 Å². The lowest BCUT2D eigenvalue weighted by atomic mass is 9.92. The standard InChI is InChI=1S/C9H14FNO2/c1-9(10,8(12)13)7-3-5-11(2)6-4-7/h3H,4-6H2,1-2H3,(H,12,13). The van der Waals surface area contributed by atoms with Gasteiger partial charge in [-0.15, -0.1) is 0 Å². The van der Waals surface area contributed by atoms with Gasteiger partial charge in [0.05, 0.1) is 0 Å². The number of alkyl halides is 1. The molecule has 0 fully saturated rings. The maximum absolute atomic E-state index is 13.5. The van der Waals surface area contributed by atoms with Gasteiger partial charge in [-0.2, -0.15) is 0 Å². The highest BCUT2D eigenvalue weighted by Crippen LogP contribution is 2.26. The van der Waals surface area contributed by atoms with Gasteiger partial charge in [-0.25, -0.2) is 9.18 Å². The zero-order valence-electron chi connectivity index (χ0n) is 7.88. The molecule has 3 nitrogen and oxygen atoms in total. The van der Waals surface area contributed by atoms with Crippen molar-refractivity contribution in [3.63, 3.8) is 0 Å². The average Bonchev–Trinajstić information content (AvgIpc) is 2.04. The van der Waals surface area contributed by atoms with E-state index in [2.05, 4.69) is 0 Å². The van der Waals surface area contributed by atoms with Gasteiger partial charge in [-0.05, 0) is 26.0 Å². The highest BCUT2D eigenvalue weighted by Gasteiger charge is 2.37. The lowest BCUT2D eigenvalue weighted by Gasteiger charge is -2.27. The van der Waals surface area contributed by atoms with Crippen molar-refractivity contribution in [3.05, 3.63) is 11.6 Å². The Balaban J connectivity index is 2.78. The molecule has 0 aliphatic carbocycles. The maximum Gasteiger partial charge on any atom is 0.345 e. The van der Waals surface area contributed by atoms with E-state index < -0.39 is 11.6 Å². The van der Waals surface area contributed by atoms with Crippen LogP contribution in [-0.4, -0.2) is 41.8 Å². The number of carboxylic acids is 1. The number of carbonyl (C=O) groups is 1. The number of hydrogen-bond acceptors (Lipinski definition) is 2. The van der Waals surface area contributed by atoms with E-state index in [9.17, 15) is 9.18 Å². The summed E-state index contributed by atoms with van der Waals surface area (Å²) in [6, 6.07) is 0. The summed E-state index contributed by atoms with van der Waals surface area (Å²) in [5.74, 6) is -1.40. The summed E-state index contributed by atoms with van der Waals surface area (Å²) in [7, 11) is 1.92. The molecule has 0 saturated heterocycles. The van der Waals surface area contributed by atoms with Crippen molar-refractivity contribution in [2.24, 2.45) is 0 Å². The SMILES string of the molecule is CN1CC=C(C(C)(F)C(=O)O)CC1. The lowest BCUT2D eigenvalue weighted by molar-refractivity contribution is -0.147. The molecule has 1 aliphatic heterocycles. The largest absolute Gasteiger partial charge is 0.479 e. The van der Waals surface area contributed by atoms with Crippen LogP contribution in [-0.2, 0) is 4.79 Å². The summed E-state index contributed by atoms with van der Waals surface area (Å²) in [5, 5.41) is 8.63. The van der Waals surface area contributed by atoms with Gasteiger partial charge in [0, 0.05) is 13.1 Å². The van der Waals surface area contributed by atoms with Crippen molar-refractivity contribution in [1.82, 2.24) is 4.90 Å². The van der Waals surface area contributed by atoms with Crippen LogP contribution in [0.3, 0.4) is 0 Å². The van der Waals surface area contributed by atoms with Gasteiger partial charge >= 0.3 is 5.97 Å². The average molecular weight is 187 g/mol. The molecule has 0 bridgehead atoms. The zero-order chi connectivity index (χ0) is 10.1. The molecule has 0 saturated carbocycles. The third-order valence-electron chi connectivity index (χ3n) is 2.42. The molecule has 0 radical (unpaired) electrons. The quantitative estimate of drug-likeness (QED) is 0.657. The first kappa shape index (κ1) is 10.2. The van der Waals surface area contributed by atoms with Crippen molar-refractivity contribution in [1.29, 1.82) is 0 Å². The molecule has 13 heavy (non-hydrogen) atoms. The third kappa shape index (κ3) is 2.06. The van der Waals surface area contributed by atoms with Crippen molar-refractivity contribution >= 4 is 5.97 Å². The molecule has 1 N–H and O–H groups in total. The monoisotopic (exact) mass is 187 g/mol. The topological polar surface area (TPSA) is 40.5 Å². The van der Waals surface area contributed by atoms with Crippen LogP contribution in [0, 0.1) is 0 Å². The number of halogens is 1. The molecule has 0 spiro atoms. The Morgan fingerprint density at radius 3 is 2.77 bits per heavy atom. The second-order valence-electron chi connectivity index (χ2n) is 3.55. The van der Waals surface area contributed by atoms with Gasteiger partial charge in [0.25, 0.3) is 0 Å². The van der Waals surface area contributed by atoms with E-state index in [-0.39, 0.29) is 0 Å². The van der Waals surface area contributed by atoms with Gasteiger partial charge in [0.15, 0.2) is 0 Å². The number of nitrogens with zero attached hydrogens (tertiary/aromatic N) is 1. The summed E-state index contributed by atoms with van der Waals surface area (Å²) >= 11 is 0. The highest BCUT2D eigenvalue weighted by atomic mass is 19.1. The second-order valence-corrected chi connectivity index (χ2v) is 3.55. The summed E-state index contributed by atoms with van der Waals surface area (Å²) in [4.78, 5) is 12.6. The van der Waals surface area contributed by atoms with Crippen molar-refractivity contribution < 1.29 is 14.3 Å². The molecule has 1 aliphatic rings. The Kier molecular flexibility index (Phi) is 2.71. The number of hydrogen-bond donors (Lipinski definition) is 1. The van der Waals surface area contributed by atoms with Gasteiger partial charge in [0.1, 0.15) is 0 Å². The molecular weight excluding hydrogens is 173 g/mol. The molecule has 74 valence electrons. The van der Waals surface area contributed by atoms with E-state index in [1.54, 1.807) is 6.08 Å². The van der Waals surface area contributed by atoms with E-state index in [1.807, 2.05) is 11.9 Å². The molecular formula is C9H14FNO2. The first-order valence-corrected chi connectivity index (χ1v) is 4.25. The van der Waals surface area contributed by atoms with E-state index in [4.69, 9.17) is 5.11 Å². The first-order valence-electron chi connectivity index (χ1n) is 4.25. The number of carboxylic acid groups (broad SMARTS) is 1. The van der Waals surface area contributed by atoms with E-state index >= 15 is 0 Å². The third-order valence-corrected chi connectivity index (χ3v) is 2.42. The van der Waals surface area contributed by atoms with Gasteiger partial charge < -0.3 is 10.0 Å². The number of aliphatic carboxylic acids is 1. The molecule has 0 aromatic heterocycles. The number of rotatable bonds is 2. The molecule has 4 heteroatoms. The Morgan fingerprint density at radius 1 is 1.77 bits per heavy atom. The molecule has 1 atom stereocenters. The molecule has 0 amide bonds. The van der Waals surface area contributed by atoms with Crippen LogP contribution < -0.4 is 0 Å². The Hall–Kier alpha value is -0.900. The fourth-order valence-electron chi connectivity index (χ4n) is 1.33. The Labute approximate surface area is 76.8 Å². The second kappa shape index (κ2) is 3.46. The van der Waals surface area contributed by atoms with E-state index in [0.717, 1.165) is 13.5 Å². The van der Waals surface area contributed by atoms with Crippen LogP contribution >= 0.6 is 0 Å². The molecule has 1 rings (SSSR count). The zero-order valence-corrected chi connectivity index (χ0v) is 7.88. The fraction of sp³-hybridized carbons (Fsp3) is 0.667. The predicted octanol–water partition coefficient (Wildman–Crippen LogP) is 1.06. The highest BCUT2D eigenvalue weighted by molar-refractivity contribution is 5.81. The van der Waals surface area contributed by atoms with E-state index in [1.165, 1.54) is 0 Å². The Morgan fingerprint density at radius 2 is 2.38 bits per heavy atom. The normalized spacial score (nSPS) is 23.5. The summed E-state index contributed by atoms with van der Waals surface area (Å²) in [6.45, 7) is 2.45. The Bertz CT molecular complexity index is 248. The van der Waals surface area contributed by atoms with Crippen molar-refractivity contribution in [2.45, 2.75) is 19.0 Å². The molecule has 0 aromatic rings. The molecule has 1 unspecified atom stereocenters. The van der Waals surface area contributed by atoms with Crippen molar-refractivity contribution in [3.8, 4) is 0 Å². The predicted molar refractivity (Wildman–Crippen MR) is 47.3 cm³/mol. The van der Waals surface area contributed by atoms with Crippen LogP contribution in [0.4, 0.5) is 4.39 Å². The number of likely N-dealkylation sites (N-methyl/N-ethyl adjacent to an activating group) is 1. The minimum atomic E-state index is -2.19. The summed E-state index contributed by atoms with van der Waals surface area (Å²) in [6.07, 6.45) is 2.16. The fourth-order valence-corrected chi connectivity index (χ4v) is 1.33. The van der Waals surface area contributed by atoms with Crippen LogP contribution in [0.25, 0.3) is 0 Å². The van der Waals surface area contributed by atoms with Crippen LogP contribution in [0.1, 0.15) is 13.3 Å². The summed E-state index contributed by atoms with van der Waals surface area (Å²) < 4.78 is 13.5. The van der Waals surface area contributed by atoms with Crippen molar-refractivity contribution in [2.75, 3.05) is 20.1 Å². The minimum absolute atomic E-state index is 0.387. The smallest absolute Gasteiger partial charge is 0.345 e. The summed E-state index contributed by atoms with van der Waals surface area (Å²) in [5.41, 5.74) is -1.81.